The summed E-state index contributed by atoms with van der Waals surface area (Å²) in [5.41, 5.74) is 2.88. The van der Waals surface area contributed by atoms with Crippen LogP contribution in [-0.4, -0.2) is 32.3 Å². The number of carboxylic acids is 1. The maximum absolute atomic E-state index is 13.0. The van der Waals surface area contributed by atoms with Gasteiger partial charge in [-0.15, -0.1) is 0 Å². The van der Waals surface area contributed by atoms with Crippen molar-refractivity contribution in [2.24, 2.45) is 0 Å². The molecule has 26 heavy (non-hydrogen) atoms. The lowest BCUT2D eigenvalue weighted by Crippen LogP contribution is -2.48. The summed E-state index contributed by atoms with van der Waals surface area (Å²) < 4.78 is 1.87. The Balaban J connectivity index is 1.66. The standard InChI is InChI=1S/C20H23N3O3/c24-17(25)13-20(11-4-5-12-20)21-19(26)18-15-9-6-10-16(15)23(22-18)14-7-2-1-3-8-14/h1-3,7-8H,4-6,9-13H2,(H,21,26)(H,24,25). The van der Waals surface area contributed by atoms with Gasteiger partial charge in [0.1, 0.15) is 0 Å². The number of fused-ring (bicyclic) bond motifs is 1. The average Bonchev–Trinajstić information content (AvgIpc) is 3.31. The molecule has 1 amide bonds. The second kappa shape index (κ2) is 6.59. The molecule has 1 heterocycles. The number of para-hydroxylation sites is 1. The Labute approximate surface area is 152 Å². The summed E-state index contributed by atoms with van der Waals surface area (Å²) >= 11 is 0. The number of nitrogens with one attached hydrogen (secondary N) is 1. The van der Waals surface area contributed by atoms with Gasteiger partial charge in [-0.3, -0.25) is 9.59 Å². The predicted molar refractivity (Wildman–Crippen MR) is 96.5 cm³/mol. The molecule has 2 aliphatic carbocycles. The van der Waals surface area contributed by atoms with Crippen molar-refractivity contribution in [3.8, 4) is 5.69 Å². The molecule has 6 nitrogen and oxygen atoms in total. The van der Waals surface area contributed by atoms with Gasteiger partial charge in [-0.05, 0) is 44.2 Å². The van der Waals surface area contributed by atoms with Gasteiger partial charge < -0.3 is 10.4 Å². The van der Waals surface area contributed by atoms with E-state index in [9.17, 15) is 14.7 Å². The van der Waals surface area contributed by atoms with Crippen molar-refractivity contribution in [3.05, 3.63) is 47.3 Å². The highest BCUT2D eigenvalue weighted by Crippen LogP contribution is 2.34. The molecule has 0 bridgehead atoms. The largest absolute Gasteiger partial charge is 0.481 e. The van der Waals surface area contributed by atoms with Crippen molar-refractivity contribution in [1.82, 2.24) is 15.1 Å². The Kier molecular flexibility index (Phi) is 4.26. The molecule has 0 spiro atoms. The summed E-state index contributed by atoms with van der Waals surface area (Å²) in [6.07, 6.45) is 6.07. The minimum absolute atomic E-state index is 0.0275. The summed E-state index contributed by atoms with van der Waals surface area (Å²) in [6.45, 7) is 0. The Morgan fingerprint density at radius 2 is 1.85 bits per heavy atom. The number of carbonyl (C=O) groups is 2. The number of benzene rings is 1. The molecule has 0 saturated heterocycles. The van der Waals surface area contributed by atoms with Crippen LogP contribution in [0.4, 0.5) is 0 Å². The number of aromatic nitrogens is 2. The van der Waals surface area contributed by atoms with Crippen LogP contribution in [0.5, 0.6) is 0 Å². The normalized spacial score (nSPS) is 17.8. The third-order valence-electron chi connectivity index (χ3n) is 5.58. The second-order valence-electron chi connectivity index (χ2n) is 7.39. The van der Waals surface area contributed by atoms with Gasteiger partial charge in [0.05, 0.1) is 17.6 Å². The zero-order valence-electron chi connectivity index (χ0n) is 14.7. The van der Waals surface area contributed by atoms with E-state index < -0.39 is 11.5 Å². The topological polar surface area (TPSA) is 84.2 Å². The Hall–Kier alpha value is -2.63. The lowest BCUT2D eigenvalue weighted by Gasteiger charge is -2.28. The molecular weight excluding hydrogens is 330 g/mol. The van der Waals surface area contributed by atoms with Crippen LogP contribution < -0.4 is 5.32 Å². The van der Waals surface area contributed by atoms with Gasteiger partial charge in [-0.2, -0.15) is 5.10 Å². The fourth-order valence-corrected chi connectivity index (χ4v) is 4.39. The highest BCUT2D eigenvalue weighted by molar-refractivity contribution is 5.95. The Bertz CT molecular complexity index is 835. The van der Waals surface area contributed by atoms with Crippen molar-refractivity contribution in [1.29, 1.82) is 0 Å². The fourth-order valence-electron chi connectivity index (χ4n) is 4.39. The second-order valence-corrected chi connectivity index (χ2v) is 7.39. The third kappa shape index (κ3) is 3.00. The van der Waals surface area contributed by atoms with Gasteiger partial charge in [-0.25, -0.2) is 4.68 Å². The average molecular weight is 353 g/mol. The van der Waals surface area contributed by atoms with Gasteiger partial charge in [0.25, 0.3) is 5.91 Å². The van der Waals surface area contributed by atoms with E-state index in [0.29, 0.717) is 18.5 Å². The smallest absolute Gasteiger partial charge is 0.305 e. The van der Waals surface area contributed by atoms with E-state index in [4.69, 9.17) is 0 Å². The van der Waals surface area contributed by atoms with Crippen LogP contribution >= 0.6 is 0 Å². The van der Waals surface area contributed by atoms with Gasteiger partial charge in [0.2, 0.25) is 0 Å². The van der Waals surface area contributed by atoms with Crippen LogP contribution in [0.15, 0.2) is 30.3 Å². The number of hydrogen-bond donors (Lipinski definition) is 2. The van der Waals surface area contributed by atoms with Gasteiger partial charge in [-0.1, -0.05) is 31.0 Å². The van der Waals surface area contributed by atoms with E-state index in [1.807, 2.05) is 35.0 Å². The van der Waals surface area contributed by atoms with Gasteiger partial charge in [0, 0.05) is 11.3 Å². The van der Waals surface area contributed by atoms with Crippen LogP contribution in [-0.2, 0) is 17.6 Å². The monoisotopic (exact) mass is 353 g/mol. The SMILES string of the molecule is O=C(O)CC1(NC(=O)c2nn(-c3ccccc3)c3c2CCC3)CCCC1. The first kappa shape index (κ1) is 16.8. The van der Waals surface area contributed by atoms with E-state index in [2.05, 4.69) is 10.4 Å². The van der Waals surface area contributed by atoms with Gasteiger partial charge >= 0.3 is 5.97 Å². The molecule has 0 aliphatic heterocycles. The molecule has 1 saturated carbocycles. The summed E-state index contributed by atoms with van der Waals surface area (Å²) in [7, 11) is 0. The molecule has 0 radical (unpaired) electrons. The number of carbonyl (C=O) groups excluding carboxylic acids is 1. The molecule has 0 unspecified atom stereocenters. The van der Waals surface area contributed by atoms with E-state index in [-0.39, 0.29) is 12.3 Å². The van der Waals surface area contributed by atoms with Gasteiger partial charge in [0.15, 0.2) is 5.69 Å². The molecule has 0 atom stereocenters. The maximum atomic E-state index is 13.0. The number of hydrogen-bond acceptors (Lipinski definition) is 3. The minimum atomic E-state index is -0.868. The molecule has 6 heteroatoms. The third-order valence-corrected chi connectivity index (χ3v) is 5.58. The summed E-state index contributed by atoms with van der Waals surface area (Å²) in [5.74, 6) is -1.10. The zero-order valence-corrected chi connectivity index (χ0v) is 14.7. The highest BCUT2D eigenvalue weighted by Gasteiger charge is 2.39. The predicted octanol–water partition coefficient (Wildman–Crippen LogP) is 2.88. The lowest BCUT2D eigenvalue weighted by molar-refractivity contribution is -0.138. The number of carboxylic acid groups (broad SMARTS) is 1. The molecule has 1 aromatic heterocycles. The number of amides is 1. The fraction of sp³-hybridized carbons (Fsp3) is 0.450. The molecule has 1 aromatic carbocycles. The number of rotatable bonds is 5. The lowest BCUT2D eigenvalue weighted by atomic mass is 9.93. The molecule has 2 aromatic rings. The minimum Gasteiger partial charge on any atom is -0.481 e. The number of nitrogens with zero attached hydrogens (tertiary/aromatic N) is 2. The van der Waals surface area contributed by atoms with Crippen molar-refractivity contribution in [2.45, 2.75) is 56.9 Å². The molecule has 4 rings (SSSR count). The summed E-state index contributed by atoms with van der Waals surface area (Å²) in [5, 5.41) is 16.9. The molecule has 136 valence electrons. The van der Waals surface area contributed by atoms with Crippen molar-refractivity contribution in [2.75, 3.05) is 0 Å². The Morgan fingerprint density at radius 3 is 2.54 bits per heavy atom. The van der Waals surface area contributed by atoms with E-state index in [0.717, 1.165) is 49.0 Å². The van der Waals surface area contributed by atoms with Crippen LogP contribution in [0.1, 0.15) is 60.3 Å². The van der Waals surface area contributed by atoms with Crippen molar-refractivity contribution in [3.63, 3.8) is 0 Å². The molecular formula is C20H23N3O3. The van der Waals surface area contributed by atoms with Crippen LogP contribution in [0.3, 0.4) is 0 Å². The first-order valence-corrected chi connectivity index (χ1v) is 9.28. The maximum Gasteiger partial charge on any atom is 0.305 e. The molecule has 1 fully saturated rings. The molecule has 2 aliphatic rings. The number of aliphatic carboxylic acids is 1. The first-order valence-electron chi connectivity index (χ1n) is 9.28. The summed E-state index contributed by atoms with van der Waals surface area (Å²) in [6, 6.07) is 9.83. The van der Waals surface area contributed by atoms with Crippen molar-refractivity contribution >= 4 is 11.9 Å². The van der Waals surface area contributed by atoms with Crippen molar-refractivity contribution < 1.29 is 14.7 Å². The highest BCUT2D eigenvalue weighted by atomic mass is 16.4. The van der Waals surface area contributed by atoms with E-state index in [1.165, 1.54) is 0 Å². The van der Waals surface area contributed by atoms with E-state index in [1.54, 1.807) is 0 Å². The van der Waals surface area contributed by atoms with Crippen LogP contribution in [0.25, 0.3) is 5.69 Å². The molecule has 2 N–H and O–H groups in total. The quantitative estimate of drug-likeness (QED) is 0.866. The Morgan fingerprint density at radius 1 is 1.12 bits per heavy atom. The first-order chi connectivity index (χ1) is 12.6. The van der Waals surface area contributed by atoms with Crippen LogP contribution in [0.2, 0.25) is 0 Å². The van der Waals surface area contributed by atoms with E-state index >= 15 is 0 Å². The summed E-state index contributed by atoms with van der Waals surface area (Å²) in [4.78, 5) is 24.3. The van der Waals surface area contributed by atoms with Crippen LogP contribution in [0, 0.1) is 0 Å². The zero-order chi connectivity index (χ0) is 18.1.